The first-order valence-electron chi connectivity index (χ1n) is 8.14. The number of ether oxygens (including phenoxy) is 4. The molecule has 146 valence electrons. The van der Waals surface area contributed by atoms with Crippen LogP contribution in [0.3, 0.4) is 0 Å². The molecule has 2 rings (SSSR count). The Bertz CT molecular complexity index is 566. The molecule has 11 heteroatoms. The SMILES string of the molecule is O=C1CCCCC(=O)OC(O)(C2(O)OC(=O)CCCCC(=O)O2)C(O)O1. The Morgan fingerprint density at radius 1 is 0.692 bits per heavy atom. The summed E-state index contributed by atoms with van der Waals surface area (Å²) in [4.78, 5) is 47.2. The van der Waals surface area contributed by atoms with Crippen LogP contribution in [0.1, 0.15) is 51.4 Å². The average Bonchev–Trinajstić information content (AvgIpc) is 2.60. The molecule has 0 aliphatic carbocycles. The molecule has 0 radical (unpaired) electrons. The van der Waals surface area contributed by atoms with Crippen molar-refractivity contribution in [3.05, 3.63) is 0 Å². The van der Waals surface area contributed by atoms with Gasteiger partial charge < -0.3 is 34.3 Å². The van der Waals surface area contributed by atoms with Crippen LogP contribution in [0.5, 0.6) is 0 Å². The molecule has 2 fully saturated rings. The summed E-state index contributed by atoms with van der Waals surface area (Å²) >= 11 is 0. The third-order valence-corrected chi connectivity index (χ3v) is 3.83. The maximum atomic E-state index is 11.9. The second-order valence-electron chi connectivity index (χ2n) is 5.96. The quantitative estimate of drug-likeness (QED) is 0.378. The van der Waals surface area contributed by atoms with Gasteiger partial charge in [0.15, 0.2) is 0 Å². The van der Waals surface area contributed by atoms with Crippen LogP contribution >= 0.6 is 0 Å². The molecule has 0 spiro atoms. The van der Waals surface area contributed by atoms with Crippen LogP contribution in [0, 0.1) is 0 Å². The lowest BCUT2D eigenvalue weighted by molar-refractivity contribution is -0.476. The van der Waals surface area contributed by atoms with Crippen LogP contribution in [-0.2, 0) is 38.1 Å². The summed E-state index contributed by atoms with van der Waals surface area (Å²) in [6.45, 7) is 0. The predicted octanol–water partition coefficient (Wildman–Crippen LogP) is -1.04. The maximum absolute atomic E-state index is 11.9. The number of rotatable bonds is 1. The summed E-state index contributed by atoms with van der Waals surface area (Å²) in [5.41, 5.74) is 0. The molecule has 26 heavy (non-hydrogen) atoms. The molecular formula is C15H20O11. The Morgan fingerprint density at radius 2 is 1.08 bits per heavy atom. The molecule has 2 aliphatic rings. The highest BCUT2D eigenvalue weighted by Gasteiger charge is 2.67. The Balaban J connectivity index is 2.42. The molecule has 2 atom stereocenters. The first kappa shape index (κ1) is 20.1. The van der Waals surface area contributed by atoms with Gasteiger partial charge in [0.05, 0.1) is 0 Å². The summed E-state index contributed by atoms with van der Waals surface area (Å²) in [7, 11) is 0. The Kier molecular flexibility index (Phi) is 6.16. The first-order valence-corrected chi connectivity index (χ1v) is 8.14. The van der Waals surface area contributed by atoms with Gasteiger partial charge in [0.2, 0.25) is 0 Å². The van der Waals surface area contributed by atoms with Crippen molar-refractivity contribution in [1.29, 1.82) is 0 Å². The van der Waals surface area contributed by atoms with Gasteiger partial charge in [-0.2, -0.15) is 0 Å². The van der Waals surface area contributed by atoms with Crippen LogP contribution in [0.2, 0.25) is 0 Å². The fourth-order valence-electron chi connectivity index (χ4n) is 2.41. The molecular weight excluding hydrogens is 356 g/mol. The van der Waals surface area contributed by atoms with Crippen LogP contribution < -0.4 is 0 Å². The third kappa shape index (κ3) is 4.48. The summed E-state index contributed by atoms with van der Waals surface area (Å²) in [5, 5.41) is 31.2. The maximum Gasteiger partial charge on any atom is 0.450 e. The van der Waals surface area contributed by atoms with E-state index in [0.29, 0.717) is 0 Å². The number of carbonyl (C=O) groups is 4. The van der Waals surface area contributed by atoms with Gasteiger partial charge in [-0.15, -0.1) is 0 Å². The van der Waals surface area contributed by atoms with Crippen molar-refractivity contribution < 1.29 is 53.4 Å². The number of esters is 4. The third-order valence-electron chi connectivity index (χ3n) is 3.83. The zero-order valence-electron chi connectivity index (χ0n) is 13.8. The summed E-state index contributed by atoms with van der Waals surface area (Å²) in [6.07, 6.45) is -2.70. The van der Waals surface area contributed by atoms with Gasteiger partial charge in [-0.1, -0.05) is 0 Å². The van der Waals surface area contributed by atoms with Crippen LogP contribution in [0.25, 0.3) is 0 Å². The van der Waals surface area contributed by atoms with Gasteiger partial charge in [0.1, 0.15) is 0 Å². The smallest absolute Gasteiger partial charge is 0.428 e. The molecule has 2 heterocycles. The second-order valence-corrected chi connectivity index (χ2v) is 5.96. The van der Waals surface area contributed by atoms with Crippen molar-refractivity contribution >= 4 is 23.9 Å². The molecule has 0 aromatic carbocycles. The average molecular weight is 376 g/mol. The highest BCUT2D eigenvalue weighted by molar-refractivity contribution is 5.74. The van der Waals surface area contributed by atoms with Crippen molar-refractivity contribution in [3.8, 4) is 0 Å². The summed E-state index contributed by atoms with van der Waals surface area (Å²) in [6, 6.07) is 0. The Labute approximate surface area is 147 Å². The lowest BCUT2D eigenvalue weighted by Crippen LogP contribution is -2.68. The molecule has 0 aromatic rings. The normalized spacial score (nSPS) is 31.3. The highest BCUT2D eigenvalue weighted by atomic mass is 16.9. The summed E-state index contributed by atoms with van der Waals surface area (Å²) in [5.74, 6) is -11.5. The fraction of sp³-hybridized carbons (Fsp3) is 0.733. The van der Waals surface area contributed by atoms with Crippen LogP contribution in [0.4, 0.5) is 0 Å². The molecule has 2 unspecified atom stereocenters. The predicted molar refractivity (Wildman–Crippen MR) is 77.2 cm³/mol. The molecule has 2 saturated heterocycles. The number of aliphatic hydroxyl groups excluding tert-OH is 1. The minimum atomic E-state index is -3.61. The Hall–Kier alpha value is -2.24. The van der Waals surface area contributed by atoms with Crippen molar-refractivity contribution in [1.82, 2.24) is 0 Å². The molecule has 2 aliphatic heterocycles. The first-order chi connectivity index (χ1) is 12.2. The van der Waals surface area contributed by atoms with Gasteiger partial charge in [-0.3, -0.25) is 19.2 Å². The molecule has 0 amide bonds. The largest absolute Gasteiger partial charge is 0.450 e. The zero-order chi connectivity index (χ0) is 19.4. The van der Waals surface area contributed by atoms with Crippen molar-refractivity contribution in [2.24, 2.45) is 0 Å². The molecule has 0 bridgehead atoms. The lowest BCUT2D eigenvalue weighted by atomic mass is 10.1. The van der Waals surface area contributed by atoms with Crippen LogP contribution in [0.15, 0.2) is 0 Å². The highest BCUT2D eigenvalue weighted by Crippen LogP contribution is 2.34. The minimum absolute atomic E-state index is 0.182. The molecule has 0 saturated carbocycles. The Morgan fingerprint density at radius 3 is 1.54 bits per heavy atom. The van der Waals surface area contributed by atoms with Gasteiger partial charge in [0, 0.05) is 25.7 Å². The van der Waals surface area contributed by atoms with Crippen molar-refractivity contribution in [2.75, 3.05) is 0 Å². The lowest BCUT2D eigenvalue weighted by Gasteiger charge is -2.40. The summed E-state index contributed by atoms with van der Waals surface area (Å²) < 4.78 is 18.3. The topological polar surface area (TPSA) is 166 Å². The van der Waals surface area contributed by atoms with E-state index >= 15 is 0 Å². The van der Waals surface area contributed by atoms with E-state index in [1.54, 1.807) is 0 Å². The van der Waals surface area contributed by atoms with E-state index in [4.69, 9.17) is 0 Å². The van der Waals surface area contributed by atoms with Crippen molar-refractivity contribution in [2.45, 2.75) is 69.4 Å². The monoisotopic (exact) mass is 376 g/mol. The van der Waals surface area contributed by atoms with E-state index in [0.717, 1.165) is 0 Å². The zero-order valence-corrected chi connectivity index (χ0v) is 13.8. The molecule has 3 N–H and O–H groups in total. The van der Waals surface area contributed by atoms with E-state index in [1.807, 2.05) is 0 Å². The number of hydrogen-bond acceptors (Lipinski definition) is 11. The molecule has 0 aromatic heterocycles. The van der Waals surface area contributed by atoms with E-state index in [9.17, 15) is 34.5 Å². The fourth-order valence-corrected chi connectivity index (χ4v) is 2.41. The van der Waals surface area contributed by atoms with Gasteiger partial charge >= 0.3 is 35.6 Å². The van der Waals surface area contributed by atoms with Gasteiger partial charge in [0.25, 0.3) is 6.29 Å². The van der Waals surface area contributed by atoms with E-state index < -0.39 is 41.9 Å². The van der Waals surface area contributed by atoms with Gasteiger partial charge in [-0.25, -0.2) is 0 Å². The van der Waals surface area contributed by atoms with E-state index in [-0.39, 0.29) is 51.4 Å². The second kappa shape index (κ2) is 7.98. The van der Waals surface area contributed by atoms with Gasteiger partial charge in [-0.05, 0) is 25.7 Å². The van der Waals surface area contributed by atoms with Crippen molar-refractivity contribution in [3.63, 3.8) is 0 Å². The number of hydrogen-bond donors (Lipinski definition) is 3. The standard InChI is InChI=1S/C15H20O11/c16-9-5-1-2-6-10(17)24-14(21,13(20)23-9)15(22)25-11(18)7-3-4-8-12(19)26-15/h13,20-22H,1-8H2. The minimum Gasteiger partial charge on any atom is -0.428 e. The van der Waals surface area contributed by atoms with Crippen LogP contribution in [-0.4, -0.2) is 57.2 Å². The molecule has 11 nitrogen and oxygen atoms in total. The number of carbonyl (C=O) groups excluding carboxylic acids is 4. The number of cyclic esters (lactones) is 4. The van der Waals surface area contributed by atoms with E-state index in [1.165, 1.54) is 0 Å². The van der Waals surface area contributed by atoms with E-state index in [2.05, 4.69) is 18.9 Å². The number of aliphatic hydroxyl groups is 3.